The Balaban J connectivity index is 1.64. The van der Waals surface area contributed by atoms with Crippen molar-refractivity contribution in [1.82, 2.24) is 10.2 Å². The number of nitrogens with zero attached hydrogens (tertiary/aromatic N) is 1. The highest BCUT2D eigenvalue weighted by Gasteiger charge is 2.21. The van der Waals surface area contributed by atoms with Gasteiger partial charge in [0.05, 0.1) is 13.2 Å². The minimum atomic E-state index is 0.447. The van der Waals surface area contributed by atoms with Crippen molar-refractivity contribution in [2.45, 2.75) is 50.7 Å². The van der Waals surface area contributed by atoms with Gasteiger partial charge in [0.2, 0.25) is 0 Å². The number of hydrogen-bond donors (Lipinski definition) is 2. The van der Waals surface area contributed by atoms with Crippen molar-refractivity contribution in [2.75, 3.05) is 32.8 Å². The van der Waals surface area contributed by atoms with E-state index in [0.717, 1.165) is 32.8 Å². The molecule has 2 rings (SSSR count). The van der Waals surface area contributed by atoms with Crippen molar-refractivity contribution in [2.24, 2.45) is 5.73 Å². The number of nitrogens with two attached hydrogens (primary N) is 1. The third-order valence-electron chi connectivity index (χ3n) is 3.93. The monoisotopic (exact) mass is 241 g/mol. The standard InChI is InChI=1S/C13H27N3O/c1-11(10-16-6-8-17-9-7-16)15-13-4-2-12(14)3-5-13/h11-13,15H,2-10,14H2,1H3. The van der Waals surface area contributed by atoms with Crippen molar-refractivity contribution in [3.05, 3.63) is 0 Å². The molecule has 1 aliphatic carbocycles. The zero-order chi connectivity index (χ0) is 12.1. The molecule has 100 valence electrons. The molecular formula is C13H27N3O. The Morgan fingerprint density at radius 3 is 2.53 bits per heavy atom. The Kier molecular flexibility index (Phi) is 5.22. The van der Waals surface area contributed by atoms with Crippen molar-refractivity contribution < 1.29 is 4.74 Å². The lowest BCUT2D eigenvalue weighted by Crippen LogP contribution is -2.48. The topological polar surface area (TPSA) is 50.5 Å². The van der Waals surface area contributed by atoms with Crippen LogP contribution in [0.2, 0.25) is 0 Å². The van der Waals surface area contributed by atoms with Crippen LogP contribution in [0.5, 0.6) is 0 Å². The van der Waals surface area contributed by atoms with E-state index in [0.29, 0.717) is 18.1 Å². The average Bonchev–Trinajstić information content (AvgIpc) is 2.33. The van der Waals surface area contributed by atoms with Crippen molar-refractivity contribution in [3.8, 4) is 0 Å². The third kappa shape index (κ3) is 4.54. The number of rotatable bonds is 4. The molecule has 2 fully saturated rings. The van der Waals surface area contributed by atoms with Crippen LogP contribution in [0, 0.1) is 0 Å². The summed E-state index contributed by atoms with van der Waals surface area (Å²) in [4.78, 5) is 2.50. The van der Waals surface area contributed by atoms with Crippen LogP contribution >= 0.6 is 0 Å². The van der Waals surface area contributed by atoms with Gasteiger partial charge in [-0.2, -0.15) is 0 Å². The molecule has 2 aliphatic rings. The van der Waals surface area contributed by atoms with E-state index < -0.39 is 0 Å². The molecule has 1 heterocycles. The fraction of sp³-hybridized carbons (Fsp3) is 1.00. The second-order valence-corrected chi connectivity index (χ2v) is 5.59. The molecule has 1 unspecified atom stereocenters. The number of hydrogen-bond acceptors (Lipinski definition) is 4. The zero-order valence-corrected chi connectivity index (χ0v) is 11.0. The van der Waals surface area contributed by atoms with Gasteiger partial charge in [-0.3, -0.25) is 4.90 Å². The molecule has 0 radical (unpaired) electrons. The van der Waals surface area contributed by atoms with Crippen molar-refractivity contribution in [3.63, 3.8) is 0 Å². The van der Waals surface area contributed by atoms with Crippen LogP contribution in [0.15, 0.2) is 0 Å². The van der Waals surface area contributed by atoms with Gasteiger partial charge in [-0.25, -0.2) is 0 Å². The van der Waals surface area contributed by atoms with E-state index in [1.165, 1.54) is 25.7 Å². The van der Waals surface area contributed by atoms with Crippen LogP contribution in [0.3, 0.4) is 0 Å². The van der Waals surface area contributed by atoms with Gasteiger partial charge < -0.3 is 15.8 Å². The number of morpholine rings is 1. The quantitative estimate of drug-likeness (QED) is 0.755. The molecule has 1 saturated heterocycles. The van der Waals surface area contributed by atoms with Crippen LogP contribution < -0.4 is 11.1 Å². The molecule has 0 aromatic carbocycles. The first-order chi connectivity index (χ1) is 8.24. The highest BCUT2D eigenvalue weighted by Crippen LogP contribution is 2.17. The zero-order valence-electron chi connectivity index (χ0n) is 11.0. The highest BCUT2D eigenvalue weighted by molar-refractivity contribution is 4.81. The Bertz CT molecular complexity index is 211. The summed E-state index contributed by atoms with van der Waals surface area (Å²) in [5.41, 5.74) is 5.93. The molecule has 0 aromatic heterocycles. The van der Waals surface area contributed by atoms with E-state index in [2.05, 4.69) is 17.1 Å². The van der Waals surface area contributed by atoms with E-state index in [4.69, 9.17) is 10.5 Å². The minimum Gasteiger partial charge on any atom is -0.379 e. The summed E-state index contributed by atoms with van der Waals surface area (Å²) >= 11 is 0. The summed E-state index contributed by atoms with van der Waals surface area (Å²) in [6.45, 7) is 7.40. The van der Waals surface area contributed by atoms with E-state index >= 15 is 0 Å². The second kappa shape index (κ2) is 6.69. The third-order valence-corrected chi connectivity index (χ3v) is 3.93. The fourth-order valence-corrected chi connectivity index (χ4v) is 2.91. The summed E-state index contributed by atoms with van der Waals surface area (Å²) in [5, 5.41) is 3.75. The molecule has 17 heavy (non-hydrogen) atoms. The molecule has 4 nitrogen and oxygen atoms in total. The van der Waals surface area contributed by atoms with Crippen molar-refractivity contribution in [1.29, 1.82) is 0 Å². The van der Waals surface area contributed by atoms with Gasteiger partial charge in [-0.05, 0) is 32.6 Å². The lowest BCUT2D eigenvalue weighted by Gasteiger charge is -2.33. The van der Waals surface area contributed by atoms with Crippen LogP contribution in [-0.2, 0) is 4.74 Å². The summed E-state index contributed by atoms with van der Waals surface area (Å²) in [6, 6.07) is 1.71. The van der Waals surface area contributed by atoms with Gasteiger partial charge >= 0.3 is 0 Å². The Hall–Kier alpha value is -0.160. The second-order valence-electron chi connectivity index (χ2n) is 5.59. The van der Waals surface area contributed by atoms with Crippen LogP contribution in [-0.4, -0.2) is 55.9 Å². The summed E-state index contributed by atoms with van der Waals surface area (Å²) in [5.74, 6) is 0. The molecule has 0 spiro atoms. The lowest BCUT2D eigenvalue weighted by atomic mass is 9.91. The van der Waals surface area contributed by atoms with Gasteiger partial charge in [0, 0.05) is 37.8 Å². The molecular weight excluding hydrogens is 214 g/mol. The fourth-order valence-electron chi connectivity index (χ4n) is 2.91. The van der Waals surface area contributed by atoms with E-state index in [1.54, 1.807) is 0 Å². The number of ether oxygens (including phenoxy) is 1. The molecule has 0 aromatic rings. The molecule has 0 amide bonds. The number of nitrogens with one attached hydrogen (secondary N) is 1. The Morgan fingerprint density at radius 1 is 1.24 bits per heavy atom. The summed E-state index contributed by atoms with van der Waals surface area (Å²) in [7, 11) is 0. The van der Waals surface area contributed by atoms with Gasteiger partial charge in [0.15, 0.2) is 0 Å². The highest BCUT2D eigenvalue weighted by atomic mass is 16.5. The predicted octanol–water partition coefficient (Wildman–Crippen LogP) is 0.567. The Morgan fingerprint density at radius 2 is 1.88 bits per heavy atom. The molecule has 4 heteroatoms. The summed E-state index contributed by atoms with van der Waals surface area (Å²) in [6.07, 6.45) is 4.85. The smallest absolute Gasteiger partial charge is 0.0594 e. The van der Waals surface area contributed by atoms with Gasteiger partial charge in [-0.15, -0.1) is 0 Å². The minimum absolute atomic E-state index is 0.447. The maximum atomic E-state index is 5.93. The average molecular weight is 241 g/mol. The maximum Gasteiger partial charge on any atom is 0.0594 e. The first-order valence-electron chi connectivity index (χ1n) is 7.06. The maximum absolute atomic E-state index is 5.93. The van der Waals surface area contributed by atoms with E-state index in [-0.39, 0.29) is 0 Å². The predicted molar refractivity (Wildman–Crippen MR) is 70.1 cm³/mol. The first-order valence-corrected chi connectivity index (χ1v) is 7.06. The molecule has 1 aliphatic heterocycles. The van der Waals surface area contributed by atoms with Crippen LogP contribution in [0.4, 0.5) is 0 Å². The molecule has 1 atom stereocenters. The van der Waals surface area contributed by atoms with Crippen molar-refractivity contribution >= 4 is 0 Å². The lowest BCUT2D eigenvalue weighted by molar-refractivity contribution is 0.0335. The van der Waals surface area contributed by atoms with E-state index in [9.17, 15) is 0 Å². The van der Waals surface area contributed by atoms with Gasteiger partial charge in [0.25, 0.3) is 0 Å². The van der Waals surface area contributed by atoms with Gasteiger partial charge in [0.1, 0.15) is 0 Å². The van der Waals surface area contributed by atoms with Crippen LogP contribution in [0.25, 0.3) is 0 Å². The SMILES string of the molecule is CC(CN1CCOCC1)NC1CCC(N)CC1. The molecule has 3 N–H and O–H groups in total. The largest absolute Gasteiger partial charge is 0.379 e. The summed E-state index contributed by atoms with van der Waals surface area (Å²) < 4.78 is 5.37. The Labute approximate surface area is 105 Å². The van der Waals surface area contributed by atoms with Gasteiger partial charge in [-0.1, -0.05) is 0 Å². The molecule has 1 saturated carbocycles. The normalized spacial score (nSPS) is 33.5. The molecule has 0 bridgehead atoms. The van der Waals surface area contributed by atoms with Crippen LogP contribution in [0.1, 0.15) is 32.6 Å². The van der Waals surface area contributed by atoms with E-state index in [1.807, 2.05) is 0 Å². The first kappa shape index (κ1) is 13.3.